The van der Waals surface area contributed by atoms with Gasteiger partial charge >= 0.3 is 18.9 Å². The minimum Gasteiger partial charge on any atom is -0.425 e. The second-order valence-corrected chi connectivity index (χ2v) is 3.78. The van der Waals surface area contributed by atoms with Gasteiger partial charge in [0.1, 0.15) is 0 Å². The Hall–Kier alpha value is -1.21. The molecular weight excluding hydrogens is 301 g/mol. The van der Waals surface area contributed by atoms with Crippen molar-refractivity contribution < 1.29 is 27.1 Å². The largest absolute Gasteiger partial charge is 0.461 e. The van der Waals surface area contributed by atoms with Gasteiger partial charge in [-0.1, -0.05) is 23.2 Å². The fourth-order valence-electron chi connectivity index (χ4n) is 0.969. The molecule has 1 aromatic rings. The number of carbonyl (C=O) groups excluding carboxylic acids is 1. The SMILES string of the molecule is O=[C]Nc1cc(Cl)c(OC(F)(F)C(F)F)c(Cl)c1. The topological polar surface area (TPSA) is 38.3 Å². The summed E-state index contributed by atoms with van der Waals surface area (Å²) in [5.41, 5.74) is 0.0488. The average Bonchev–Trinajstić information content (AvgIpc) is 2.24. The molecule has 0 heterocycles. The molecule has 9 heteroatoms. The Morgan fingerprint density at radius 2 is 1.78 bits per heavy atom. The first-order valence-corrected chi connectivity index (χ1v) is 5.00. The second-order valence-electron chi connectivity index (χ2n) is 2.96. The minimum absolute atomic E-state index is 0.0488. The Balaban J connectivity index is 3.07. The third kappa shape index (κ3) is 3.39. The molecule has 0 atom stereocenters. The van der Waals surface area contributed by atoms with E-state index in [9.17, 15) is 22.4 Å². The van der Waals surface area contributed by atoms with E-state index >= 15 is 0 Å². The van der Waals surface area contributed by atoms with E-state index in [0.717, 1.165) is 12.1 Å². The monoisotopic (exact) mass is 304 g/mol. The van der Waals surface area contributed by atoms with E-state index in [1.807, 2.05) is 5.32 Å². The van der Waals surface area contributed by atoms with Crippen LogP contribution in [0, 0.1) is 0 Å². The highest BCUT2D eigenvalue weighted by molar-refractivity contribution is 6.37. The number of hydrogen-bond acceptors (Lipinski definition) is 2. The average molecular weight is 305 g/mol. The lowest BCUT2D eigenvalue weighted by Crippen LogP contribution is -2.33. The van der Waals surface area contributed by atoms with Gasteiger partial charge in [0.05, 0.1) is 10.0 Å². The van der Waals surface area contributed by atoms with Crippen LogP contribution in [0.3, 0.4) is 0 Å². The first-order valence-electron chi connectivity index (χ1n) is 4.25. The predicted molar refractivity (Wildman–Crippen MR) is 57.4 cm³/mol. The molecule has 1 amide bonds. The van der Waals surface area contributed by atoms with Gasteiger partial charge in [0, 0.05) is 5.69 Å². The quantitative estimate of drug-likeness (QED) is 0.665. The molecule has 0 aliphatic rings. The molecular formula is C9H4Cl2F4NO2. The lowest BCUT2D eigenvalue weighted by Gasteiger charge is -2.18. The van der Waals surface area contributed by atoms with Crippen LogP contribution in [0.15, 0.2) is 12.1 Å². The third-order valence-corrected chi connectivity index (χ3v) is 2.25. The van der Waals surface area contributed by atoms with Gasteiger partial charge in [-0.2, -0.15) is 17.6 Å². The van der Waals surface area contributed by atoms with Crippen LogP contribution in [0.5, 0.6) is 5.75 Å². The van der Waals surface area contributed by atoms with Gasteiger partial charge in [-0.05, 0) is 12.1 Å². The van der Waals surface area contributed by atoms with Crippen LogP contribution < -0.4 is 10.1 Å². The van der Waals surface area contributed by atoms with E-state index < -0.39 is 28.3 Å². The summed E-state index contributed by atoms with van der Waals surface area (Å²) in [5.74, 6) is -0.805. The normalized spacial score (nSPS) is 11.5. The van der Waals surface area contributed by atoms with Crippen LogP contribution in [0.4, 0.5) is 23.2 Å². The highest BCUT2D eigenvalue weighted by Gasteiger charge is 2.44. The Morgan fingerprint density at radius 1 is 1.28 bits per heavy atom. The summed E-state index contributed by atoms with van der Waals surface area (Å²) in [6, 6.07) is 1.99. The van der Waals surface area contributed by atoms with Crippen LogP contribution in [-0.4, -0.2) is 18.9 Å². The Morgan fingerprint density at radius 3 is 2.17 bits per heavy atom. The van der Waals surface area contributed by atoms with E-state index in [4.69, 9.17) is 23.2 Å². The van der Waals surface area contributed by atoms with Crippen LogP contribution in [0.2, 0.25) is 10.0 Å². The molecule has 0 aromatic heterocycles. The number of halogens is 6. The lowest BCUT2D eigenvalue weighted by atomic mass is 10.3. The standard InChI is InChI=1S/C9H4Cl2F4NO2/c10-5-1-4(16-3-17)2-6(11)7(5)18-9(14,15)8(12)13/h1-2,8H,(H,16,17). The third-order valence-electron chi connectivity index (χ3n) is 1.69. The van der Waals surface area contributed by atoms with Crippen LogP contribution >= 0.6 is 23.2 Å². The van der Waals surface area contributed by atoms with E-state index in [2.05, 4.69) is 4.74 Å². The molecule has 1 rings (SSSR count). The first kappa shape index (κ1) is 14.8. The summed E-state index contributed by atoms with van der Waals surface area (Å²) in [6.07, 6.45) is -7.46. The molecule has 0 spiro atoms. The van der Waals surface area contributed by atoms with Gasteiger partial charge in [-0.15, -0.1) is 0 Å². The summed E-state index contributed by atoms with van der Waals surface area (Å²) < 4.78 is 53.0. The molecule has 0 bridgehead atoms. The molecule has 3 nitrogen and oxygen atoms in total. The van der Waals surface area contributed by atoms with Gasteiger partial charge in [-0.25, -0.2) is 0 Å². The van der Waals surface area contributed by atoms with Gasteiger partial charge in [0.25, 0.3) is 0 Å². The van der Waals surface area contributed by atoms with E-state index in [0.29, 0.717) is 0 Å². The highest BCUT2D eigenvalue weighted by atomic mass is 35.5. The summed E-state index contributed by atoms with van der Waals surface area (Å²) in [6.45, 7) is 0. The molecule has 0 unspecified atom stereocenters. The summed E-state index contributed by atoms with van der Waals surface area (Å²) >= 11 is 11.0. The predicted octanol–water partition coefficient (Wildman–Crippen LogP) is 3.71. The van der Waals surface area contributed by atoms with Crippen molar-refractivity contribution in [2.75, 3.05) is 5.32 Å². The Bertz CT molecular complexity index is 433. The van der Waals surface area contributed by atoms with E-state index in [1.165, 1.54) is 6.41 Å². The van der Waals surface area contributed by atoms with Crippen LogP contribution in [0.1, 0.15) is 0 Å². The zero-order valence-electron chi connectivity index (χ0n) is 8.32. The molecule has 1 N–H and O–H groups in total. The molecule has 0 aliphatic carbocycles. The number of alkyl halides is 4. The lowest BCUT2D eigenvalue weighted by molar-refractivity contribution is -0.253. The summed E-state index contributed by atoms with van der Waals surface area (Å²) in [5, 5.41) is 1.12. The fraction of sp³-hybridized carbons (Fsp3) is 0.222. The molecule has 0 saturated carbocycles. The van der Waals surface area contributed by atoms with Crippen molar-refractivity contribution in [3.05, 3.63) is 22.2 Å². The molecule has 1 radical (unpaired) electrons. The highest BCUT2D eigenvalue weighted by Crippen LogP contribution is 2.39. The maximum absolute atomic E-state index is 12.7. The number of nitrogens with one attached hydrogen (secondary N) is 1. The minimum atomic E-state index is -4.72. The number of benzene rings is 1. The van der Waals surface area contributed by atoms with Crippen molar-refractivity contribution in [2.45, 2.75) is 12.5 Å². The number of rotatable bonds is 5. The van der Waals surface area contributed by atoms with Gasteiger partial charge in [0.2, 0.25) is 0 Å². The van der Waals surface area contributed by atoms with Crippen molar-refractivity contribution in [3.8, 4) is 5.75 Å². The van der Waals surface area contributed by atoms with Gasteiger partial charge < -0.3 is 10.1 Å². The molecule has 1 aromatic carbocycles. The Labute approximate surface area is 109 Å². The van der Waals surface area contributed by atoms with Crippen molar-refractivity contribution in [3.63, 3.8) is 0 Å². The van der Waals surface area contributed by atoms with E-state index in [1.54, 1.807) is 0 Å². The van der Waals surface area contributed by atoms with Crippen LogP contribution in [0.25, 0.3) is 0 Å². The molecule has 99 valence electrons. The molecule has 18 heavy (non-hydrogen) atoms. The zero-order valence-corrected chi connectivity index (χ0v) is 9.83. The number of anilines is 1. The summed E-state index contributed by atoms with van der Waals surface area (Å²) in [7, 11) is 0. The van der Waals surface area contributed by atoms with Crippen LogP contribution in [-0.2, 0) is 4.79 Å². The maximum atomic E-state index is 12.7. The fourth-order valence-corrected chi connectivity index (χ4v) is 1.53. The number of amides is 1. The van der Waals surface area contributed by atoms with Crippen molar-refractivity contribution in [2.24, 2.45) is 0 Å². The smallest absolute Gasteiger partial charge is 0.425 e. The molecule has 0 saturated heterocycles. The number of hydrogen-bond donors (Lipinski definition) is 1. The molecule has 0 aliphatic heterocycles. The zero-order chi connectivity index (χ0) is 13.9. The van der Waals surface area contributed by atoms with Crippen molar-refractivity contribution in [1.82, 2.24) is 0 Å². The maximum Gasteiger partial charge on any atom is 0.461 e. The first-order chi connectivity index (χ1) is 8.27. The summed E-state index contributed by atoms with van der Waals surface area (Å²) in [4.78, 5) is 10.0. The Kier molecular flexibility index (Phi) is 4.64. The van der Waals surface area contributed by atoms with Crippen molar-refractivity contribution >= 4 is 35.3 Å². The van der Waals surface area contributed by atoms with Gasteiger partial charge in [0.15, 0.2) is 5.75 Å². The van der Waals surface area contributed by atoms with Crippen molar-refractivity contribution in [1.29, 1.82) is 0 Å². The second kappa shape index (κ2) is 5.62. The van der Waals surface area contributed by atoms with E-state index in [-0.39, 0.29) is 5.69 Å². The van der Waals surface area contributed by atoms with Gasteiger partial charge in [-0.3, -0.25) is 4.79 Å². The molecule has 0 fully saturated rings. The number of ether oxygens (including phenoxy) is 1.